The van der Waals surface area contributed by atoms with Crippen molar-refractivity contribution in [3.8, 4) is 0 Å². The minimum absolute atomic E-state index is 0.182. The number of carbonyl (C=O) groups excluding carboxylic acids is 2. The van der Waals surface area contributed by atoms with Crippen LogP contribution in [0.5, 0.6) is 0 Å². The third kappa shape index (κ3) is 5.54. The lowest BCUT2D eigenvalue weighted by atomic mass is 10.3. The largest absolute Gasteiger partial charge is 0.464 e. The van der Waals surface area contributed by atoms with Gasteiger partial charge in [-0.05, 0) is 39.8 Å². The van der Waals surface area contributed by atoms with E-state index in [1.54, 1.807) is 37.4 Å². The Labute approximate surface area is 204 Å². The first kappa shape index (κ1) is 26.0. The fourth-order valence-corrected chi connectivity index (χ4v) is 8.71. The number of rotatable bonds is 12. The number of benzene rings is 1. The van der Waals surface area contributed by atoms with Gasteiger partial charge in [0.15, 0.2) is 0 Å². The van der Waals surface area contributed by atoms with Gasteiger partial charge in [0.1, 0.15) is 17.3 Å². The Hall–Kier alpha value is -0.600. The second-order valence-corrected chi connectivity index (χ2v) is 12.3. The van der Waals surface area contributed by atoms with Gasteiger partial charge in [-0.2, -0.15) is 0 Å². The summed E-state index contributed by atoms with van der Waals surface area (Å²) in [4.78, 5) is 50.1. The predicted octanol–water partition coefficient (Wildman–Crippen LogP) is 4.54. The van der Waals surface area contributed by atoms with Crippen LogP contribution in [0.4, 0.5) is 0 Å². The van der Waals surface area contributed by atoms with Crippen LogP contribution in [0, 0.1) is 0 Å². The maximum atomic E-state index is 12.8. The van der Waals surface area contributed by atoms with Crippen molar-refractivity contribution < 1.29 is 38.6 Å². The number of carbonyl (C=O) groups is 2. The minimum Gasteiger partial charge on any atom is -0.464 e. The van der Waals surface area contributed by atoms with Gasteiger partial charge in [-0.25, -0.2) is 29.1 Å². The summed E-state index contributed by atoms with van der Waals surface area (Å²) in [5, 5.41) is 0. The zero-order valence-electron chi connectivity index (χ0n) is 18.3. The molecule has 8 nitrogen and oxygen atoms in total. The molecule has 0 radical (unpaired) electrons. The molecule has 0 aliphatic carbocycles. The number of ether oxygens (including phenoxy) is 2. The lowest BCUT2D eigenvalue weighted by Gasteiger charge is -2.25. The average molecular weight is 523 g/mol. The topological polar surface area (TPSA) is 89.5 Å². The van der Waals surface area contributed by atoms with Crippen LogP contribution in [0.15, 0.2) is 31.7 Å². The van der Waals surface area contributed by atoms with Crippen LogP contribution >= 0.6 is 47.0 Å². The Morgan fingerprint density at radius 1 is 0.656 bits per heavy atom. The molecular weight excluding hydrogens is 496 g/mol. The Balaban J connectivity index is 1.84. The molecule has 0 atom stereocenters. The Kier molecular flexibility index (Phi) is 9.51. The third-order valence-corrected chi connectivity index (χ3v) is 10.1. The highest BCUT2D eigenvalue weighted by Crippen LogP contribution is 2.63. The molecule has 2 heterocycles. The molecule has 0 fully saturated rings. The van der Waals surface area contributed by atoms with Crippen LogP contribution in [0.25, 0.3) is 0 Å². The van der Waals surface area contributed by atoms with E-state index in [-0.39, 0.29) is 13.2 Å². The van der Waals surface area contributed by atoms with Crippen molar-refractivity contribution >= 4 is 59.0 Å². The van der Waals surface area contributed by atoms with Crippen LogP contribution in [0.2, 0.25) is 0 Å². The minimum atomic E-state index is -1.49. The maximum Gasteiger partial charge on any atom is 0.345 e. The van der Waals surface area contributed by atoms with E-state index in [2.05, 4.69) is 0 Å². The molecule has 0 amide bonds. The van der Waals surface area contributed by atoms with Gasteiger partial charge < -0.3 is 9.47 Å². The molecule has 0 aromatic heterocycles. The van der Waals surface area contributed by atoms with E-state index >= 15 is 0 Å². The third-order valence-electron chi connectivity index (χ3n) is 4.16. The van der Waals surface area contributed by atoms with Gasteiger partial charge >= 0.3 is 11.9 Å². The molecule has 0 unspecified atom stereocenters. The van der Waals surface area contributed by atoms with Gasteiger partial charge in [0.05, 0.1) is 26.4 Å². The van der Waals surface area contributed by atoms with E-state index in [1.807, 2.05) is 26.0 Å². The van der Waals surface area contributed by atoms with Gasteiger partial charge in [0, 0.05) is 19.6 Å². The summed E-state index contributed by atoms with van der Waals surface area (Å²) in [6, 6.07) is 3.98. The number of esters is 2. The van der Waals surface area contributed by atoms with E-state index in [0.717, 1.165) is 19.6 Å². The standard InChI is InChI=1S/C20H26O8S4/c1-5-23-17(21)20(18(22)24-6-2)31-15-9-13-14(10-16(15)32-20)30-19(29-13,11-27-25-7-3)12-28-26-8-4/h9-10H,5-8,11-12H2,1-4H3. The summed E-state index contributed by atoms with van der Waals surface area (Å²) in [6.07, 6.45) is 0. The molecular formula is C20H26O8S4. The van der Waals surface area contributed by atoms with Crippen LogP contribution in [0.3, 0.4) is 0 Å². The van der Waals surface area contributed by atoms with Crippen molar-refractivity contribution in [1.29, 1.82) is 0 Å². The molecule has 2 aliphatic heterocycles. The zero-order valence-corrected chi connectivity index (χ0v) is 21.6. The molecule has 0 saturated heterocycles. The summed E-state index contributed by atoms with van der Waals surface area (Å²) < 4.78 is 8.45. The summed E-state index contributed by atoms with van der Waals surface area (Å²) in [5.41, 5.74) is 0. The van der Waals surface area contributed by atoms with Crippen molar-refractivity contribution in [2.45, 2.75) is 55.4 Å². The quantitative estimate of drug-likeness (QED) is 0.127. The van der Waals surface area contributed by atoms with Gasteiger partial charge in [-0.15, -0.1) is 23.5 Å². The average Bonchev–Trinajstić information content (AvgIpc) is 3.31. The smallest absolute Gasteiger partial charge is 0.345 e. The zero-order chi connectivity index (χ0) is 23.2. The predicted molar refractivity (Wildman–Crippen MR) is 124 cm³/mol. The molecule has 1 aromatic carbocycles. The first-order chi connectivity index (χ1) is 15.4. The second-order valence-electron chi connectivity index (χ2n) is 6.46. The van der Waals surface area contributed by atoms with E-state index in [0.29, 0.717) is 26.4 Å². The van der Waals surface area contributed by atoms with Crippen LogP contribution in [0.1, 0.15) is 27.7 Å². The fraction of sp³-hybridized carbons (Fsp3) is 0.600. The first-order valence-electron chi connectivity index (χ1n) is 10.2. The Bertz CT molecular complexity index is 767. The number of hydrogen-bond donors (Lipinski definition) is 0. The maximum absolute atomic E-state index is 12.8. The molecule has 0 saturated carbocycles. The van der Waals surface area contributed by atoms with E-state index in [1.165, 1.54) is 23.5 Å². The highest BCUT2D eigenvalue weighted by atomic mass is 32.2. The van der Waals surface area contributed by atoms with Crippen LogP contribution < -0.4 is 0 Å². The second kappa shape index (κ2) is 11.7. The van der Waals surface area contributed by atoms with Crippen molar-refractivity contribution in [1.82, 2.24) is 0 Å². The van der Waals surface area contributed by atoms with E-state index in [4.69, 9.17) is 29.0 Å². The molecule has 2 aliphatic rings. The highest BCUT2D eigenvalue weighted by Gasteiger charge is 2.56. The summed E-state index contributed by atoms with van der Waals surface area (Å²) >= 11 is 5.51. The van der Waals surface area contributed by atoms with Crippen molar-refractivity contribution in [3.63, 3.8) is 0 Å². The van der Waals surface area contributed by atoms with Crippen LogP contribution in [-0.2, 0) is 38.6 Å². The van der Waals surface area contributed by atoms with E-state index < -0.39 is 20.1 Å². The molecule has 12 heteroatoms. The lowest BCUT2D eigenvalue weighted by molar-refractivity contribution is -0.312. The first-order valence-corrected chi connectivity index (χ1v) is 13.5. The number of fused-ring (bicyclic) bond motifs is 2. The lowest BCUT2D eigenvalue weighted by Crippen LogP contribution is -2.41. The van der Waals surface area contributed by atoms with Gasteiger partial charge in [0.2, 0.25) is 0 Å². The molecule has 0 bridgehead atoms. The van der Waals surface area contributed by atoms with Crippen molar-refractivity contribution in [2.75, 3.05) is 39.6 Å². The van der Waals surface area contributed by atoms with Crippen LogP contribution in [-0.4, -0.2) is 59.7 Å². The van der Waals surface area contributed by atoms with Gasteiger partial charge in [-0.3, -0.25) is 0 Å². The highest BCUT2D eigenvalue weighted by molar-refractivity contribution is 8.23. The molecule has 0 N–H and O–H groups in total. The molecule has 32 heavy (non-hydrogen) atoms. The number of thioether (sulfide) groups is 4. The fourth-order valence-electron chi connectivity index (χ4n) is 2.89. The van der Waals surface area contributed by atoms with Crippen molar-refractivity contribution in [2.24, 2.45) is 0 Å². The van der Waals surface area contributed by atoms with Crippen molar-refractivity contribution in [3.05, 3.63) is 12.1 Å². The van der Waals surface area contributed by atoms with Gasteiger partial charge in [0.25, 0.3) is 4.08 Å². The Morgan fingerprint density at radius 2 is 1.06 bits per heavy atom. The monoisotopic (exact) mass is 522 g/mol. The molecule has 1 aromatic rings. The van der Waals surface area contributed by atoms with Gasteiger partial charge in [-0.1, -0.05) is 23.5 Å². The molecule has 178 valence electrons. The Morgan fingerprint density at radius 3 is 1.44 bits per heavy atom. The summed E-state index contributed by atoms with van der Waals surface area (Å²) in [7, 11) is 0. The summed E-state index contributed by atoms with van der Waals surface area (Å²) in [6.45, 7) is 8.96. The molecule has 3 rings (SSSR count). The normalized spacial score (nSPS) is 17.6. The summed E-state index contributed by atoms with van der Waals surface area (Å²) in [5.74, 6) is -1.20. The molecule has 0 spiro atoms. The van der Waals surface area contributed by atoms with E-state index in [9.17, 15) is 9.59 Å². The SMILES string of the molecule is CCOOCC1(COOCC)Sc2cc3c(cc2S1)SC(C(=O)OCC)(C(=O)OCC)S3. The number of hydrogen-bond acceptors (Lipinski definition) is 12.